The number of anilines is 2. The van der Waals surface area contributed by atoms with Gasteiger partial charge in [0.05, 0.1) is 5.69 Å². The highest BCUT2D eigenvalue weighted by atomic mass is 35.5. The summed E-state index contributed by atoms with van der Waals surface area (Å²) in [6.45, 7) is 2.16. The number of hydrogen-bond acceptors (Lipinski definition) is 3. The van der Waals surface area contributed by atoms with Crippen molar-refractivity contribution in [1.29, 1.82) is 0 Å². The van der Waals surface area contributed by atoms with Crippen LogP contribution in [0.5, 0.6) is 0 Å². The number of fused-ring (bicyclic) bond motifs is 1. The molecule has 0 amide bonds. The molecule has 92 valence electrons. The van der Waals surface area contributed by atoms with E-state index in [1.165, 1.54) is 5.56 Å². The summed E-state index contributed by atoms with van der Waals surface area (Å²) in [6.07, 6.45) is 0.993. The van der Waals surface area contributed by atoms with Crippen molar-refractivity contribution in [1.82, 2.24) is 10.2 Å². The summed E-state index contributed by atoms with van der Waals surface area (Å²) in [5, 5.41) is 8.35. The van der Waals surface area contributed by atoms with Crippen LogP contribution in [-0.4, -0.2) is 16.2 Å². The molecule has 1 aliphatic rings. The maximum Gasteiger partial charge on any atom is 0.175 e. The minimum Gasteiger partial charge on any atom is -0.335 e. The molecule has 5 heteroatoms. The predicted octanol–water partition coefficient (Wildman–Crippen LogP) is 3.87. The van der Waals surface area contributed by atoms with Crippen LogP contribution in [0.25, 0.3) is 0 Å². The van der Waals surface area contributed by atoms with E-state index in [1.807, 2.05) is 6.07 Å². The summed E-state index contributed by atoms with van der Waals surface area (Å²) >= 11 is 12.0. The highest BCUT2D eigenvalue weighted by Crippen LogP contribution is 2.40. The molecular formula is C13H11Cl2N3. The maximum atomic E-state index is 6.13. The molecule has 0 spiro atoms. The van der Waals surface area contributed by atoms with Crippen LogP contribution in [0.15, 0.2) is 30.3 Å². The number of hydrogen-bond donors (Lipinski definition) is 0. The van der Waals surface area contributed by atoms with Crippen LogP contribution in [0.3, 0.4) is 0 Å². The van der Waals surface area contributed by atoms with Crippen molar-refractivity contribution in [2.24, 2.45) is 0 Å². The van der Waals surface area contributed by atoms with E-state index >= 15 is 0 Å². The van der Waals surface area contributed by atoms with Crippen molar-refractivity contribution in [3.05, 3.63) is 46.2 Å². The smallest absolute Gasteiger partial charge is 0.175 e. The molecule has 1 aliphatic heterocycles. The van der Waals surface area contributed by atoms with Crippen molar-refractivity contribution in [2.75, 3.05) is 4.90 Å². The Balaban J connectivity index is 2.14. The van der Waals surface area contributed by atoms with Crippen LogP contribution < -0.4 is 4.90 Å². The van der Waals surface area contributed by atoms with E-state index in [0.29, 0.717) is 16.3 Å². The molecule has 2 heterocycles. The molecular weight excluding hydrogens is 269 g/mol. The average molecular weight is 280 g/mol. The molecule has 1 aromatic heterocycles. The molecule has 0 fully saturated rings. The van der Waals surface area contributed by atoms with Crippen molar-refractivity contribution < 1.29 is 0 Å². The van der Waals surface area contributed by atoms with Gasteiger partial charge in [0.2, 0.25) is 0 Å². The monoisotopic (exact) mass is 279 g/mol. The minimum atomic E-state index is 0.333. The second kappa shape index (κ2) is 4.41. The lowest BCUT2D eigenvalue weighted by Gasteiger charge is -2.25. The van der Waals surface area contributed by atoms with Crippen LogP contribution >= 0.6 is 23.2 Å². The third kappa shape index (κ3) is 1.84. The zero-order valence-corrected chi connectivity index (χ0v) is 11.3. The summed E-state index contributed by atoms with van der Waals surface area (Å²) < 4.78 is 0. The second-order valence-electron chi connectivity index (χ2n) is 4.39. The van der Waals surface area contributed by atoms with E-state index < -0.39 is 0 Å². The number of rotatable bonds is 1. The van der Waals surface area contributed by atoms with E-state index in [0.717, 1.165) is 17.8 Å². The van der Waals surface area contributed by atoms with Crippen molar-refractivity contribution in [3.8, 4) is 0 Å². The Bertz CT molecular complexity index is 601. The van der Waals surface area contributed by atoms with E-state index in [9.17, 15) is 0 Å². The fraction of sp³-hybridized carbons (Fsp3) is 0.231. The highest BCUT2D eigenvalue weighted by molar-refractivity contribution is 6.33. The molecule has 0 saturated carbocycles. The Morgan fingerprint density at radius 3 is 2.78 bits per heavy atom. The molecule has 0 saturated heterocycles. The molecule has 1 aromatic carbocycles. The molecule has 0 bridgehead atoms. The van der Waals surface area contributed by atoms with Gasteiger partial charge in [0, 0.05) is 17.8 Å². The summed E-state index contributed by atoms with van der Waals surface area (Å²) in [6, 6.07) is 10.4. The van der Waals surface area contributed by atoms with Crippen LogP contribution in [-0.2, 0) is 6.42 Å². The van der Waals surface area contributed by atoms with E-state index in [2.05, 4.69) is 40.2 Å². The van der Waals surface area contributed by atoms with Crippen LogP contribution in [0.2, 0.25) is 10.3 Å². The molecule has 3 nitrogen and oxygen atoms in total. The molecule has 1 unspecified atom stereocenters. The second-order valence-corrected chi connectivity index (χ2v) is 5.14. The zero-order valence-electron chi connectivity index (χ0n) is 9.77. The fourth-order valence-electron chi connectivity index (χ4n) is 2.45. The van der Waals surface area contributed by atoms with Crippen LogP contribution in [0.4, 0.5) is 11.4 Å². The SMILES string of the molecule is CC1Cc2ccccc2N1c1cc(Cl)nnc1Cl. The first-order chi connectivity index (χ1) is 8.66. The zero-order chi connectivity index (χ0) is 12.7. The predicted molar refractivity (Wildman–Crippen MR) is 73.8 cm³/mol. The Labute approximate surface area is 115 Å². The summed E-state index contributed by atoms with van der Waals surface area (Å²) in [5.41, 5.74) is 3.29. The van der Waals surface area contributed by atoms with Gasteiger partial charge in [-0.3, -0.25) is 0 Å². The normalized spacial score (nSPS) is 17.9. The standard InChI is InChI=1S/C13H11Cl2N3/c1-8-6-9-4-2-3-5-10(9)18(8)11-7-12(14)16-17-13(11)15/h2-5,7-8H,6H2,1H3. The number of aromatic nitrogens is 2. The molecule has 0 radical (unpaired) electrons. The van der Waals surface area contributed by atoms with Crippen LogP contribution in [0, 0.1) is 0 Å². The summed E-state index contributed by atoms with van der Waals surface area (Å²) in [4.78, 5) is 2.16. The quantitative estimate of drug-likeness (QED) is 0.794. The lowest BCUT2D eigenvalue weighted by Crippen LogP contribution is -2.24. The lowest BCUT2D eigenvalue weighted by atomic mass is 10.1. The van der Waals surface area contributed by atoms with Gasteiger partial charge < -0.3 is 4.90 Å². The fourth-order valence-corrected chi connectivity index (χ4v) is 2.77. The van der Waals surface area contributed by atoms with Gasteiger partial charge in [-0.05, 0) is 25.0 Å². The summed E-state index contributed by atoms with van der Waals surface area (Å²) in [7, 11) is 0. The van der Waals surface area contributed by atoms with Gasteiger partial charge in [-0.2, -0.15) is 0 Å². The molecule has 18 heavy (non-hydrogen) atoms. The van der Waals surface area contributed by atoms with Crippen molar-refractivity contribution in [2.45, 2.75) is 19.4 Å². The van der Waals surface area contributed by atoms with E-state index in [-0.39, 0.29) is 0 Å². The Morgan fingerprint density at radius 1 is 1.17 bits per heavy atom. The van der Waals surface area contributed by atoms with Crippen molar-refractivity contribution in [3.63, 3.8) is 0 Å². The first kappa shape index (κ1) is 11.8. The van der Waals surface area contributed by atoms with Gasteiger partial charge in [0.1, 0.15) is 0 Å². The van der Waals surface area contributed by atoms with Gasteiger partial charge in [0.25, 0.3) is 0 Å². The highest BCUT2D eigenvalue weighted by Gasteiger charge is 2.28. The van der Waals surface area contributed by atoms with Crippen LogP contribution in [0.1, 0.15) is 12.5 Å². The Kier molecular flexibility index (Phi) is 2.88. The van der Waals surface area contributed by atoms with Gasteiger partial charge in [0.15, 0.2) is 10.3 Å². The minimum absolute atomic E-state index is 0.333. The molecule has 3 rings (SSSR count). The number of para-hydroxylation sites is 1. The first-order valence-corrected chi connectivity index (χ1v) is 6.48. The molecule has 0 N–H and O–H groups in total. The molecule has 2 aromatic rings. The molecule has 0 aliphatic carbocycles. The number of halogens is 2. The van der Waals surface area contributed by atoms with E-state index in [4.69, 9.17) is 23.2 Å². The maximum absolute atomic E-state index is 6.13. The van der Waals surface area contributed by atoms with Gasteiger partial charge in [-0.15, -0.1) is 10.2 Å². The first-order valence-electron chi connectivity index (χ1n) is 5.72. The summed E-state index contributed by atoms with van der Waals surface area (Å²) in [5.74, 6) is 0. The van der Waals surface area contributed by atoms with Gasteiger partial charge in [-0.1, -0.05) is 41.4 Å². The van der Waals surface area contributed by atoms with Gasteiger partial charge in [-0.25, -0.2) is 0 Å². The Hall–Kier alpha value is -1.32. The number of nitrogens with zero attached hydrogens (tertiary/aromatic N) is 3. The topological polar surface area (TPSA) is 29.0 Å². The lowest BCUT2D eigenvalue weighted by molar-refractivity contribution is 0.755. The Morgan fingerprint density at radius 2 is 1.94 bits per heavy atom. The third-order valence-corrected chi connectivity index (χ3v) is 3.62. The number of benzene rings is 1. The van der Waals surface area contributed by atoms with Crippen molar-refractivity contribution >= 4 is 34.6 Å². The third-order valence-electron chi connectivity index (χ3n) is 3.17. The molecule has 1 atom stereocenters. The van der Waals surface area contributed by atoms with Gasteiger partial charge >= 0.3 is 0 Å². The van der Waals surface area contributed by atoms with E-state index in [1.54, 1.807) is 6.07 Å². The average Bonchev–Trinajstić information content (AvgIpc) is 2.68. The largest absolute Gasteiger partial charge is 0.335 e.